The zero-order valence-electron chi connectivity index (χ0n) is 11.4. The molecule has 102 valence electrons. The first kappa shape index (κ1) is 12.7. The van der Waals surface area contributed by atoms with Gasteiger partial charge in [-0.05, 0) is 17.2 Å². The second-order valence-electron chi connectivity index (χ2n) is 5.32. The minimum absolute atomic E-state index is 0.0302. The molecule has 0 N–H and O–H groups in total. The van der Waals surface area contributed by atoms with Gasteiger partial charge in [0.2, 0.25) is 0 Å². The molecule has 2 aromatic carbocycles. The fourth-order valence-corrected chi connectivity index (χ4v) is 4.24. The molecule has 21 heavy (non-hydrogen) atoms. The van der Waals surface area contributed by atoms with Crippen LogP contribution in [0.1, 0.15) is 15.9 Å². The molecule has 1 heterocycles. The first-order valence-corrected chi connectivity index (χ1v) is 7.96. The Labute approximate surface area is 128 Å². The molecule has 1 aliphatic heterocycles. The van der Waals surface area contributed by atoms with Crippen LogP contribution in [0.4, 0.5) is 0 Å². The topological polar surface area (TPSA) is 17.1 Å². The molecule has 1 nitrogen and oxygen atoms in total. The summed E-state index contributed by atoms with van der Waals surface area (Å²) in [6, 6.07) is 18.3. The van der Waals surface area contributed by atoms with E-state index in [4.69, 9.17) is 0 Å². The number of Topliss-reactive ketones (excluding diaryl/α,β-unsaturated/α-hetero) is 1. The van der Waals surface area contributed by atoms with Crippen LogP contribution in [-0.2, 0) is 0 Å². The molecule has 0 saturated carbocycles. The summed E-state index contributed by atoms with van der Waals surface area (Å²) in [5, 5.41) is 0.201. The lowest BCUT2D eigenvalue weighted by molar-refractivity contribution is 0.0942. The van der Waals surface area contributed by atoms with Crippen LogP contribution in [0, 0.1) is 5.92 Å². The molecule has 2 atom stereocenters. The Morgan fingerprint density at radius 1 is 0.905 bits per heavy atom. The van der Waals surface area contributed by atoms with Crippen molar-refractivity contribution in [2.75, 3.05) is 0 Å². The molecule has 1 aliphatic carbocycles. The molecule has 2 aromatic rings. The summed E-state index contributed by atoms with van der Waals surface area (Å²) in [7, 11) is 0. The van der Waals surface area contributed by atoms with E-state index in [-0.39, 0.29) is 17.0 Å². The Morgan fingerprint density at radius 3 is 2.52 bits per heavy atom. The molecule has 0 bridgehead atoms. The Kier molecular flexibility index (Phi) is 3.04. The molecule has 0 fully saturated rings. The number of ketones is 1. The predicted molar refractivity (Wildman–Crippen MR) is 87.5 cm³/mol. The van der Waals surface area contributed by atoms with Crippen LogP contribution < -0.4 is 0 Å². The highest BCUT2D eigenvalue weighted by molar-refractivity contribution is 8.00. The summed E-state index contributed by atoms with van der Waals surface area (Å²) < 4.78 is 0. The highest BCUT2D eigenvalue weighted by atomic mass is 32.2. The lowest BCUT2D eigenvalue weighted by Crippen LogP contribution is -2.29. The van der Waals surface area contributed by atoms with E-state index in [9.17, 15) is 4.79 Å². The van der Waals surface area contributed by atoms with Crippen molar-refractivity contribution in [3.8, 4) is 0 Å². The summed E-state index contributed by atoms with van der Waals surface area (Å²) in [5.74, 6) is 0.214. The summed E-state index contributed by atoms with van der Waals surface area (Å²) in [6.07, 6.45) is 6.39. The van der Waals surface area contributed by atoms with Gasteiger partial charge in [-0.15, -0.1) is 11.8 Å². The largest absolute Gasteiger partial charge is 0.293 e. The molecule has 0 aromatic heterocycles. The number of allylic oxidation sites excluding steroid dienone is 3. The molecule has 0 amide bonds. The average Bonchev–Trinajstić information content (AvgIpc) is 2.55. The van der Waals surface area contributed by atoms with E-state index in [1.54, 1.807) is 11.8 Å². The third kappa shape index (κ3) is 2.16. The van der Waals surface area contributed by atoms with E-state index >= 15 is 0 Å². The zero-order chi connectivity index (χ0) is 14.2. The van der Waals surface area contributed by atoms with E-state index in [0.29, 0.717) is 0 Å². The first-order valence-electron chi connectivity index (χ1n) is 7.08. The number of rotatable bonds is 1. The molecule has 2 aliphatic rings. The van der Waals surface area contributed by atoms with Crippen LogP contribution in [0.2, 0.25) is 0 Å². The van der Waals surface area contributed by atoms with Crippen molar-refractivity contribution in [1.82, 2.24) is 0 Å². The van der Waals surface area contributed by atoms with Crippen molar-refractivity contribution in [2.45, 2.75) is 10.1 Å². The maximum absolute atomic E-state index is 12.6. The van der Waals surface area contributed by atoms with Gasteiger partial charge in [0.15, 0.2) is 5.78 Å². The normalized spacial score (nSPS) is 23.2. The summed E-state index contributed by atoms with van der Waals surface area (Å²) in [5.41, 5.74) is 3.28. The Bertz CT molecular complexity index is 758. The number of hydrogen-bond acceptors (Lipinski definition) is 2. The monoisotopic (exact) mass is 290 g/mol. The van der Waals surface area contributed by atoms with Crippen LogP contribution >= 0.6 is 11.8 Å². The molecule has 0 saturated heterocycles. The minimum atomic E-state index is -0.0302. The van der Waals surface area contributed by atoms with Crippen molar-refractivity contribution in [1.29, 1.82) is 0 Å². The van der Waals surface area contributed by atoms with Crippen LogP contribution in [0.15, 0.2) is 77.7 Å². The second kappa shape index (κ2) is 5.05. The third-order valence-electron chi connectivity index (χ3n) is 4.01. The molecule has 0 spiro atoms. The maximum atomic E-state index is 12.6. The van der Waals surface area contributed by atoms with E-state index in [1.165, 1.54) is 11.1 Å². The molecular weight excluding hydrogens is 276 g/mol. The second-order valence-corrected chi connectivity index (χ2v) is 6.54. The van der Waals surface area contributed by atoms with Gasteiger partial charge in [-0.25, -0.2) is 0 Å². The van der Waals surface area contributed by atoms with E-state index in [2.05, 4.69) is 30.4 Å². The van der Waals surface area contributed by atoms with Gasteiger partial charge < -0.3 is 0 Å². The number of carbonyl (C=O) groups excluding carboxylic acids is 1. The summed E-state index contributed by atoms with van der Waals surface area (Å²) >= 11 is 1.79. The number of thioether (sulfide) groups is 1. The number of carbonyl (C=O) groups is 1. The molecule has 2 heteroatoms. The van der Waals surface area contributed by atoms with Crippen molar-refractivity contribution >= 4 is 23.1 Å². The standard InChI is InChI=1S/C19H14OS/c20-19-15-8-4-5-9-17(15)21-18-12-14(10-11-16(18)19)13-6-2-1-3-7-13/h1-12,16,18H. The fourth-order valence-electron chi connectivity index (χ4n) is 2.92. The van der Waals surface area contributed by atoms with E-state index in [1.807, 2.05) is 42.5 Å². The van der Waals surface area contributed by atoms with Crippen LogP contribution in [0.25, 0.3) is 5.57 Å². The highest BCUT2D eigenvalue weighted by Crippen LogP contribution is 2.42. The lowest BCUT2D eigenvalue weighted by Gasteiger charge is -2.30. The van der Waals surface area contributed by atoms with Gasteiger partial charge in [-0.2, -0.15) is 0 Å². The predicted octanol–water partition coefficient (Wildman–Crippen LogP) is 4.61. The van der Waals surface area contributed by atoms with E-state index < -0.39 is 0 Å². The smallest absolute Gasteiger partial charge is 0.172 e. The first-order chi connectivity index (χ1) is 10.3. The molecule has 0 radical (unpaired) electrons. The Hall–Kier alpha value is -2.06. The van der Waals surface area contributed by atoms with Crippen molar-refractivity contribution in [3.05, 3.63) is 84.0 Å². The average molecular weight is 290 g/mol. The minimum Gasteiger partial charge on any atom is -0.293 e. The molecular formula is C19H14OS. The van der Waals surface area contributed by atoms with Crippen molar-refractivity contribution in [2.24, 2.45) is 5.92 Å². The van der Waals surface area contributed by atoms with Gasteiger partial charge in [0.05, 0.1) is 5.92 Å². The zero-order valence-corrected chi connectivity index (χ0v) is 12.2. The fraction of sp³-hybridized carbons (Fsp3) is 0.105. The summed E-state index contributed by atoms with van der Waals surface area (Å²) in [4.78, 5) is 13.7. The van der Waals surface area contributed by atoms with Crippen LogP contribution in [-0.4, -0.2) is 11.0 Å². The van der Waals surface area contributed by atoms with Gasteiger partial charge in [-0.1, -0.05) is 66.8 Å². The van der Waals surface area contributed by atoms with Gasteiger partial charge in [0.1, 0.15) is 0 Å². The van der Waals surface area contributed by atoms with Crippen LogP contribution in [0.3, 0.4) is 0 Å². The van der Waals surface area contributed by atoms with Gasteiger partial charge in [0.25, 0.3) is 0 Å². The Morgan fingerprint density at radius 2 is 1.67 bits per heavy atom. The number of hydrogen-bond donors (Lipinski definition) is 0. The molecule has 2 unspecified atom stereocenters. The quantitative estimate of drug-likeness (QED) is 0.762. The summed E-state index contributed by atoms with van der Waals surface area (Å²) in [6.45, 7) is 0. The Balaban J connectivity index is 1.74. The third-order valence-corrected chi connectivity index (χ3v) is 5.32. The number of benzene rings is 2. The van der Waals surface area contributed by atoms with Crippen molar-refractivity contribution < 1.29 is 4.79 Å². The maximum Gasteiger partial charge on any atom is 0.172 e. The molecule has 4 rings (SSSR count). The van der Waals surface area contributed by atoms with Gasteiger partial charge >= 0.3 is 0 Å². The van der Waals surface area contributed by atoms with Gasteiger partial charge in [0, 0.05) is 15.7 Å². The van der Waals surface area contributed by atoms with Crippen molar-refractivity contribution in [3.63, 3.8) is 0 Å². The van der Waals surface area contributed by atoms with E-state index in [0.717, 1.165) is 10.5 Å². The van der Waals surface area contributed by atoms with Crippen LogP contribution in [0.5, 0.6) is 0 Å². The SMILES string of the molecule is O=C1c2ccccc2SC2C=C(c3ccccc3)C=CC12. The van der Waals surface area contributed by atoms with Gasteiger partial charge in [-0.3, -0.25) is 4.79 Å². The number of fused-ring (bicyclic) bond motifs is 2. The lowest BCUT2D eigenvalue weighted by atomic mass is 9.87. The highest BCUT2D eigenvalue weighted by Gasteiger charge is 2.34.